The first-order valence-electron chi connectivity index (χ1n) is 7.93. The zero-order valence-corrected chi connectivity index (χ0v) is 14.2. The van der Waals surface area contributed by atoms with Gasteiger partial charge in [-0.2, -0.15) is 0 Å². The number of anilines is 2. The number of aromatic nitrogens is 2. The van der Waals surface area contributed by atoms with Gasteiger partial charge in [0.15, 0.2) is 0 Å². The Morgan fingerprint density at radius 1 is 1.04 bits per heavy atom. The van der Waals surface area contributed by atoms with Crippen molar-refractivity contribution in [2.45, 2.75) is 13.5 Å². The smallest absolute Gasteiger partial charge is 0.317 e. The minimum atomic E-state index is -0.944. The summed E-state index contributed by atoms with van der Waals surface area (Å²) in [5, 5.41) is 5.19. The number of aromatic amines is 1. The minimum Gasteiger partial charge on any atom is -0.326 e. The number of nitrogens with one attached hydrogen (secondary N) is 3. The summed E-state index contributed by atoms with van der Waals surface area (Å²) in [7, 11) is 0. The molecule has 0 spiro atoms. The summed E-state index contributed by atoms with van der Waals surface area (Å²) in [6, 6.07) is 9.90. The molecule has 0 aliphatic heterocycles. The third-order valence-electron chi connectivity index (χ3n) is 3.73. The molecule has 0 aliphatic rings. The van der Waals surface area contributed by atoms with Crippen molar-refractivity contribution in [1.82, 2.24) is 9.55 Å². The van der Waals surface area contributed by atoms with E-state index in [4.69, 9.17) is 0 Å². The highest BCUT2D eigenvalue weighted by atomic mass is 19.1. The lowest BCUT2D eigenvalue weighted by Crippen LogP contribution is -2.38. The molecule has 138 valence electrons. The Bertz CT molecular complexity index is 1150. The van der Waals surface area contributed by atoms with E-state index in [1.807, 2.05) is 0 Å². The summed E-state index contributed by atoms with van der Waals surface area (Å²) >= 11 is 0. The summed E-state index contributed by atoms with van der Waals surface area (Å²) < 4.78 is 14.3. The van der Waals surface area contributed by atoms with Crippen LogP contribution in [0.15, 0.2) is 52.1 Å². The fourth-order valence-corrected chi connectivity index (χ4v) is 2.59. The van der Waals surface area contributed by atoms with Gasteiger partial charge in [-0.05, 0) is 42.5 Å². The molecule has 1 aromatic heterocycles. The largest absolute Gasteiger partial charge is 0.326 e. The van der Waals surface area contributed by atoms with Crippen molar-refractivity contribution in [3.05, 3.63) is 69.0 Å². The number of carbonyl (C=O) groups excluding carboxylic acids is 2. The van der Waals surface area contributed by atoms with Crippen LogP contribution in [0.2, 0.25) is 0 Å². The van der Waals surface area contributed by atoms with E-state index in [9.17, 15) is 23.6 Å². The second kappa shape index (κ2) is 7.24. The van der Waals surface area contributed by atoms with Gasteiger partial charge in [0.25, 0.3) is 0 Å². The molecule has 27 heavy (non-hydrogen) atoms. The van der Waals surface area contributed by atoms with Gasteiger partial charge in [0, 0.05) is 18.3 Å². The van der Waals surface area contributed by atoms with Crippen LogP contribution < -0.4 is 21.8 Å². The van der Waals surface area contributed by atoms with Gasteiger partial charge < -0.3 is 15.6 Å². The normalized spacial score (nSPS) is 10.6. The van der Waals surface area contributed by atoms with Crippen LogP contribution in [0.3, 0.4) is 0 Å². The Morgan fingerprint density at radius 3 is 2.30 bits per heavy atom. The number of amides is 2. The molecule has 0 saturated carbocycles. The Kier molecular flexibility index (Phi) is 4.84. The van der Waals surface area contributed by atoms with Crippen molar-refractivity contribution in [3.63, 3.8) is 0 Å². The molecule has 9 heteroatoms. The standard InChI is InChI=1S/C18H15FN4O4/c1-10(24)20-12-3-5-13(6-4-12)21-16(25)9-23-15-7-2-11(19)8-14(15)22-17(26)18(23)27/h2-8H,9H2,1H3,(H,20,24)(H,21,25)(H,22,26). The third kappa shape index (κ3) is 4.09. The van der Waals surface area contributed by atoms with Crippen molar-refractivity contribution in [1.29, 1.82) is 0 Å². The van der Waals surface area contributed by atoms with E-state index in [-0.39, 0.29) is 16.9 Å². The predicted octanol–water partition coefficient (Wildman–Crippen LogP) is 1.43. The number of halogens is 1. The SMILES string of the molecule is CC(=O)Nc1ccc(NC(=O)Cn2c(=O)c(=O)[nH]c3cc(F)ccc32)cc1. The number of H-pyrrole nitrogens is 1. The maximum absolute atomic E-state index is 13.3. The molecule has 2 amide bonds. The fourth-order valence-electron chi connectivity index (χ4n) is 2.59. The van der Waals surface area contributed by atoms with Crippen LogP contribution in [0.25, 0.3) is 11.0 Å². The molecule has 8 nitrogen and oxygen atoms in total. The lowest BCUT2D eigenvalue weighted by Gasteiger charge is -2.11. The molecular formula is C18H15FN4O4. The number of fused-ring (bicyclic) bond motifs is 1. The third-order valence-corrected chi connectivity index (χ3v) is 3.73. The monoisotopic (exact) mass is 370 g/mol. The highest BCUT2D eigenvalue weighted by molar-refractivity contribution is 5.92. The number of nitrogens with zero attached hydrogens (tertiary/aromatic N) is 1. The highest BCUT2D eigenvalue weighted by Gasteiger charge is 2.12. The Hall–Kier alpha value is -3.75. The number of hydrogen-bond acceptors (Lipinski definition) is 4. The van der Waals surface area contributed by atoms with Crippen molar-refractivity contribution >= 4 is 34.2 Å². The fraction of sp³-hybridized carbons (Fsp3) is 0.111. The van der Waals surface area contributed by atoms with Crippen LogP contribution in [0.1, 0.15) is 6.92 Å². The zero-order chi connectivity index (χ0) is 19.6. The Labute approximate surface area is 151 Å². The molecule has 0 bridgehead atoms. The van der Waals surface area contributed by atoms with Crippen molar-refractivity contribution in [3.8, 4) is 0 Å². The van der Waals surface area contributed by atoms with Gasteiger partial charge in [-0.15, -0.1) is 0 Å². The van der Waals surface area contributed by atoms with Crippen molar-refractivity contribution < 1.29 is 14.0 Å². The summed E-state index contributed by atoms with van der Waals surface area (Å²) in [5.74, 6) is -1.34. The van der Waals surface area contributed by atoms with Crippen LogP contribution in [-0.4, -0.2) is 21.4 Å². The van der Waals surface area contributed by atoms with Crippen LogP contribution in [0.4, 0.5) is 15.8 Å². The first-order valence-corrected chi connectivity index (χ1v) is 7.93. The van der Waals surface area contributed by atoms with Gasteiger partial charge in [0.1, 0.15) is 12.4 Å². The number of hydrogen-bond donors (Lipinski definition) is 3. The Morgan fingerprint density at radius 2 is 1.67 bits per heavy atom. The quantitative estimate of drug-likeness (QED) is 0.603. The summed E-state index contributed by atoms with van der Waals surface area (Å²) in [5.41, 5.74) is -0.489. The molecule has 3 aromatic rings. The zero-order valence-electron chi connectivity index (χ0n) is 14.2. The van der Waals surface area contributed by atoms with Gasteiger partial charge in [0.05, 0.1) is 11.0 Å². The van der Waals surface area contributed by atoms with Crippen LogP contribution in [0, 0.1) is 5.82 Å². The number of rotatable bonds is 4. The highest BCUT2D eigenvalue weighted by Crippen LogP contribution is 2.14. The molecule has 0 saturated heterocycles. The van der Waals surface area contributed by atoms with E-state index in [0.29, 0.717) is 11.4 Å². The second-order valence-electron chi connectivity index (χ2n) is 5.81. The minimum absolute atomic E-state index is 0.118. The topological polar surface area (TPSA) is 113 Å². The number of benzene rings is 2. The molecule has 0 fully saturated rings. The van der Waals surface area contributed by atoms with Gasteiger partial charge in [0.2, 0.25) is 11.8 Å². The molecule has 1 heterocycles. The Balaban J connectivity index is 1.84. The lowest BCUT2D eigenvalue weighted by atomic mass is 10.2. The summed E-state index contributed by atoms with van der Waals surface area (Å²) in [6.07, 6.45) is 0. The van der Waals surface area contributed by atoms with Crippen LogP contribution in [0.5, 0.6) is 0 Å². The second-order valence-corrected chi connectivity index (χ2v) is 5.81. The molecule has 2 aromatic carbocycles. The van der Waals surface area contributed by atoms with E-state index in [1.54, 1.807) is 24.3 Å². The predicted molar refractivity (Wildman–Crippen MR) is 98.2 cm³/mol. The average Bonchev–Trinajstić information content (AvgIpc) is 2.60. The van der Waals surface area contributed by atoms with Gasteiger partial charge in [-0.3, -0.25) is 23.7 Å². The molecule has 0 atom stereocenters. The van der Waals surface area contributed by atoms with E-state index in [2.05, 4.69) is 15.6 Å². The van der Waals surface area contributed by atoms with Gasteiger partial charge >= 0.3 is 11.1 Å². The average molecular weight is 370 g/mol. The molecule has 0 aliphatic carbocycles. The molecule has 3 N–H and O–H groups in total. The lowest BCUT2D eigenvalue weighted by molar-refractivity contribution is -0.117. The summed E-state index contributed by atoms with van der Waals surface area (Å²) in [6.45, 7) is 0.962. The maximum atomic E-state index is 13.3. The van der Waals surface area contributed by atoms with Gasteiger partial charge in [-0.25, -0.2) is 4.39 Å². The van der Waals surface area contributed by atoms with E-state index >= 15 is 0 Å². The van der Waals surface area contributed by atoms with Crippen molar-refractivity contribution in [2.75, 3.05) is 10.6 Å². The molecule has 0 unspecified atom stereocenters. The van der Waals surface area contributed by atoms with Gasteiger partial charge in [-0.1, -0.05) is 0 Å². The molecular weight excluding hydrogens is 355 g/mol. The van der Waals surface area contributed by atoms with E-state index in [0.717, 1.165) is 16.7 Å². The van der Waals surface area contributed by atoms with E-state index in [1.165, 1.54) is 13.0 Å². The van der Waals surface area contributed by atoms with Crippen molar-refractivity contribution in [2.24, 2.45) is 0 Å². The van der Waals surface area contributed by atoms with Crippen LogP contribution in [-0.2, 0) is 16.1 Å². The first kappa shape index (κ1) is 18.1. The van der Waals surface area contributed by atoms with E-state index < -0.39 is 29.4 Å². The number of carbonyl (C=O) groups is 2. The summed E-state index contributed by atoms with van der Waals surface area (Å²) in [4.78, 5) is 49.4. The molecule has 3 rings (SSSR count). The first-order chi connectivity index (χ1) is 12.8. The molecule has 0 radical (unpaired) electrons. The van der Waals surface area contributed by atoms with Crippen LogP contribution >= 0.6 is 0 Å². The maximum Gasteiger partial charge on any atom is 0.317 e.